The Hall–Kier alpha value is -2.18. The van der Waals surface area contributed by atoms with Gasteiger partial charge in [-0.15, -0.1) is 0 Å². The number of esters is 1. The molecule has 17 heavy (non-hydrogen) atoms. The van der Waals surface area contributed by atoms with Crippen molar-refractivity contribution < 1.29 is 9.53 Å². The number of nitrogen functional groups attached to an aromatic ring is 1. The summed E-state index contributed by atoms with van der Waals surface area (Å²) >= 11 is 0. The lowest BCUT2D eigenvalue weighted by Gasteiger charge is -2.04. The standard InChI is InChI=1S/C10H13N5O2/c1-3-15-9-6(5-12-15)13-7(8(11)14-9)10(16)17-4-2/h5H,3-4H2,1-2H3,(H2,11,14). The molecule has 2 aromatic heterocycles. The molecule has 0 bridgehead atoms. The predicted molar refractivity (Wildman–Crippen MR) is 61.4 cm³/mol. The Bertz CT molecular complexity index is 563. The molecule has 0 aliphatic carbocycles. The Balaban J connectivity index is 2.53. The second-order valence-corrected chi connectivity index (χ2v) is 3.35. The van der Waals surface area contributed by atoms with Gasteiger partial charge in [-0.2, -0.15) is 5.10 Å². The molecule has 0 fully saturated rings. The van der Waals surface area contributed by atoms with Crippen molar-refractivity contribution in [1.82, 2.24) is 19.7 Å². The van der Waals surface area contributed by atoms with E-state index in [2.05, 4.69) is 15.1 Å². The minimum Gasteiger partial charge on any atom is -0.461 e. The first-order valence-electron chi connectivity index (χ1n) is 5.33. The molecule has 0 radical (unpaired) electrons. The molecule has 0 aromatic carbocycles. The van der Waals surface area contributed by atoms with Gasteiger partial charge in [-0.25, -0.2) is 19.4 Å². The van der Waals surface area contributed by atoms with Crippen LogP contribution in [0.25, 0.3) is 11.2 Å². The lowest BCUT2D eigenvalue weighted by molar-refractivity contribution is 0.0521. The van der Waals surface area contributed by atoms with E-state index in [-0.39, 0.29) is 18.1 Å². The monoisotopic (exact) mass is 235 g/mol. The number of carbonyl (C=O) groups is 1. The molecular weight excluding hydrogens is 222 g/mol. The summed E-state index contributed by atoms with van der Waals surface area (Å²) in [6, 6.07) is 0. The molecule has 0 spiro atoms. The Morgan fingerprint density at radius 2 is 2.24 bits per heavy atom. The van der Waals surface area contributed by atoms with Gasteiger partial charge in [0.15, 0.2) is 17.2 Å². The van der Waals surface area contributed by atoms with E-state index in [9.17, 15) is 4.79 Å². The lowest BCUT2D eigenvalue weighted by atomic mass is 10.4. The second-order valence-electron chi connectivity index (χ2n) is 3.35. The molecule has 2 aromatic rings. The van der Waals surface area contributed by atoms with Gasteiger partial charge < -0.3 is 10.5 Å². The minimum absolute atomic E-state index is 0.0370. The largest absolute Gasteiger partial charge is 0.461 e. The summed E-state index contributed by atoms with van der Waals surface area (Å²) in [4.78, 5) is 19.8. The first kappa shape index (κ1) is 11.3. The van der Waals surface area contributed by atoms with Crippen LogP contribution in [0.15, 0.2) is 6.20 Å². The summed E-state index contributed by atoms with van der Waals surface area (Å²) in [5, 5.41) is 4.09. The number of anilines is 1. The van der Waals surface area contributed by atoms with Gasteiger partial charge in [-0.05, 0) is 13.8 Å². The van der Waals surface area contributed by atoms with Crippen molar-refractivity contribution in [3.8, 4) is 0 Å². The molecule has 0 unspecified atom stereocenters. The van der Waals surface area contributed by atoms with E-state index >= 15 is 0 Å². The summed E-state index contributed by atoms with van der Waals surface area (Å²) in [6.07, 6.45) is 1.55. The van der Waals surface area contributed by atoms with E-state index < -0.39 is 5.97 Å². The summed E-state index contributed by atoms with van der Waals surface area (Å²) in [5.74, 6) is -0.505. The highest BCUT2D eigenvalue weighted by molar-refractivity contribution is 5.94. The number of fused-ring (bicyclic) bond motifs is 1. The van der Waals surface area contributed by atoms with E-state index in [0.29, 0.717) is 17.7 Å². The van der Waals surface area contributed by atoms with E-state index in [1.54, 1.807) is 17.8 Å². The third-order valence-corrected chi connectivity index (χ3v) is 2.26. The van der Waals surface area contributed by atoms with E-state index in [1.807, 2.05) is 6.92 Å². The lowest BCUT2D eigenvalue weighted by Crippen LogP contribution is -2.12. The molecule has 2 rings (SSSR count). The molecule has 7 heteroatoms. The molecule has 7 nitrogen and oxygen atoms in total. The van der Waals surface area contributed by atoms with Crippen LogP contribution >= 0.6 is 0 Å². The third-order valence-electron chi connectivity index (χ3n) is 2.26. The quantitative estimate of drug-likeness (QED) is 0.783. The molecule has 0 aliphatic heterocycles. The normalized spacial score (nSPS) is 10.7. The summed E-state index contributed by atoms with van der Waals surface area (Å²) in [5.41, 5.74) is 6.82. The Labute approximate surface area is 97.6 Å². The molecule has 0 amide bonds. The zero-order chi connectivity index (χ0) is 12.4. The SMILES string of the molecule is CCOC(=O)c1nc2cnn(CC)c2nc1N. The van der Waals surface area contributed by atoms with Gasteiger partial charge in [0.1, 0.15) is 5.52 Å². The molecule has 0 aliphatic rings. The van der Waals surface area contributed by atoms with Gasteiger partial charge in [0, 0.05) is 6.54 Å². The number of nitrogens with zero attached hydrogens (tertiary/aromatic N) is 4. The molecule has 2 heterocycles. The van der Waals surface area contributed by atoms with E-state index in [1.165, 1.54) is 0 Å². The van der Waals surface area contributed by atoms with Crippen molar-refractivity contribution in [2.45, 2.75) is 20.4 Å². The van der Waals surface area contributed by atoms with Gasteiger partial charge in [-0.1, -0.05) is 0 Å². The van der Waals surface area contributed by atoms with Crippen molar-refractivity contribution in [2.24, 2.45) is 0 Å². The number of ether oxygens (including phenoxy) is 1. The number of aromatic nitrogens is 4. The number of hydrogen-bond acceptors (Lipinski definition) is 6. The van der Waals surface area contributed by atoms with E-state index in [0.717, 1.165) is 0 Å². The van der Waals surface area contributed by atoms with Crippen molar-refractivity contribution in [2.75, 3.05) is 12.3 Å². The smallest absolute Gasteiger partial charge is 0.360 e. The van der Waals surface area contributed by atoms with Gasteiger partial charge in [0.05, 0.1) is 12.8 Å². The van der Waals surface area contributed by atoms with Crippen LogP contribution in [0.5, 0.6) is 0 Å². The zero-order valence-electron chi connectivity index (χ0n) is 9.67. The number of nitrogens with two attached hydrogens (primary N) is 1. The maximum atomic E-state index is 11.6. The maximum Gasteiger partial charge on any atom is 0.360 e. The molecule has 0 saturated heterocycles. The second kappa shape index (κ2) is 4.36. The van der Waals surface area contributed by atoms with Gasteiger partial charge >= 0.3 is 5.97 Å². The van der Waals surface area contributed by atoms with E-state index in [4.69, 9.17) is 10.5 Å². The number of carbonyl (C=O) groups excluding carboxylic acids is 1. The van der Waals surface area contributed by atoms with Gasteiger partial charge in [0.2, 0.25) is 0 Å². The Morgan fingerprint density at radius 3 is 2.88 bits per heavy atom. The zero-order valence-corrected chi connectivity index (χ0v) is 9.67. The number of aryl methyl sites for hydroxylation is 1. The van der Waals surface area contributed by atoms with Gasteiger partial charge in [-0.3, -0.25) is 0 Å². The number of rotatable bonds is 3. The summed E-state index contributed by atoms with van der Waals surface area (Å²) in [7, 11) is 0. The van der Waals surface area contributed by atoms with Crippen LogP contribution in [0.2, 0.25) is 0 Å². The van der Waals surface area contributed by atoms with Gasteiger partial charge in [0.25, 0.3) is 0 Å². The van der Waals surface area contributed by atoms with Crippen LogP contribution in [0.1, 0.15) is 24.3 Å². The van der Waals surface area contributed by atoms with Crippen LogP contribution in [0.3, 0.4) is 0 Å². The Morgan fingerprint density at radius 1 is 1.47 bits per heavy atom. The summed E-state index contributed by atoms with van der Waals surface area (Å²) < 4.78 is 6.50. The average Bonchev–Trinajstić information content (AvgIpc) is 2.70. The molecule has 0 atom stereocenters. The highest BCUT2D eigenvalue weighted by Crippen LogP contribution is 2.15. The van der Waals surface area contributed by atoms with Crippen molar-refractivity contribution in [3.63, 3.8) is 0 Å². The molecule has 90 valence electrons. The van der Waals surface area contributed by atoms with Crippen LogP contribution in [0, 0.1) is 0 Å². The first-order chi connectivity index (χ1) is 8.17. The van der Waals surface area contributed by atoms with Crippen molar-refractivity contribution in [1.29, 1.82) is 0 Å². The molecule has 0 saturated carbocycles. The predicted octanol–water partition coefficient (Wildman–Crippen LogP) is 0.605. The fraction of sp³-hybridized carbons (Fsp3) is 0.400. The maximum absolute atomic E-state index is 11.6. The fourth-order valence-electron chi connectivity index (χ4n) is 1.49. The number of hydrogen-bond donors (Lipinski definition) is 1. The first-order valence-corrected chi connectivity index (χ1v) is 5.33. The van der Waals surface area contributed by atoms with Crippen LogP contribution in [0.4, 0.5) is 5.82 Å². The summed E-state index contributed by atoms with van der Waals surface area (Å²) in [6.45, 7) is 4.58. The third kappa shape index (κ3) is 1.91. The van der Waals surface area contributed by atoms with Crippen LogP contribution < -0.4 is 5.73 Å². The topological polar surface area (TPSA) is 95.9 Å². The average molecular weight is 235 g/mol. The Kier molecular flexibility index (Phi) is 2.90. The van der Waals surface area contributed by atoms with Crippen LogP contribution in [-0.4, -0.2) is 32.3 Å². The highest BCUT2D eigenvalue weighted by Gasteiger charge is 2.17. The minimum atomic E-state index is -0.566. The fourth-order valence-corrected chi connectivity index (χ4v) is 1.49. The molecular formula is C10H13N5O2. The van der Waals surface area contributed by atoms with Crippen molar-refractivity contribution in [3.05, 3.63) is 11.9 Å². The van der Waals surface area contributed by atoms with Crippen LogP contribution in [-0.2, 0) is 11.3 Å². The highest BCUT2D eigenvalue weighted by atomic mass is 16.5. The molecule has 2 N–H and O–H groups in total. The van der Waals surface area contributed by atoms with Crippen molar-refractivity contribution >= 4 is 23.0 Å².